The molecular weight excluding hydrogens is 318 g/mol. The Labute approximate surface area is 120 Å². The SMILES string of the molecule is C[C@H]1CN(C(=O)Cc2cccc(Cl)c2Br)CCO1. The molecule has 0 spiro atoms. The molecule has 1 heterocycles. The van der Waals surface area contributed by atoms with E-state index < -0.39 is 0 Å². The summed E-state index contributed by atoms with van der Waals surface area (Å²) in [6.45, 7) is 3.93. The Balaban J connectivity index is 2.04. The van der Waals surface area contributed by atoms with E-state index in [1.54, 1.807) is 6.07 Å². The molecule has 1 saturated heterocycles. The number of halogens is 2. The van der Waals surface area contributed by atoms with E-state index in [9.17, 15) is 4.79 Å². The van der Waals surface area contributed by atoms with Gasteiger partial charge in [-0.05, 0) is 34.5 Å². The Morgan fingerprint density at radius 3 is 3.11 bits per heavy atom. The van der Waals surface area contributed by atoms with Crippen molar-refractivity contribution in [3.05, 3.63) is 33.3 Å². The minimum atomic E-state index is 0.116. The largest absolute Gasteiger partial charge is 0.375 e. The Kier molecular flexibility index (Phi) is 4.65. The van der Waals surface area contributed by atoms with Gasteiger partial charge in [-0.15, -0.1) is 0 Å². The Morgan fingerprint density at radius 2 is 2.39 bits per heavy atom. The fourth-order valence-electron chi connectivity index (χ4n) is 2.00. The summed E-state index contributed by atoms with van der Waals surface area (Å²) in [4.78, 5) is 14.0. The standard InChI is InChI=1S/C13H15BrClNO2/c1-9-8-16(5-6-18-9)12(17)7-10-3-2-4-11(15)13(10)14/h2-4,9H,5-8H2,1H3/t9-/m0/s1. The van der Waals surface area contributed by atoms with E-state index in [-0.39, 0.29) is 12.0 Å². The van der Waals surface area contributed by atoms with E-state index in [0.717, 1.165) is 10.0 Å². The Morgan fingerprint density at radius 1 is 1.61 bits per heavy atom. The Hall–Kier alpha value is -0.580. The summed E-state index contributed by atoms with van der Waals surface area (Å²) < 4.78 is 6.23. The van der Waals surface area contributed by atoms with Crippen molar-refractivity contribution in [2.24, 2.45) is 0 Å². The number of benzene rings is 1. The van der Waals surface area contributed by atoms with Crippen molar-refractivity contribution in [2.45, 2.75) is 19.4 Å². The summed E-state index contributed by atoms with van der Waals surface area (Å²) in [7, 11) is 0. The normalized spacial score (nSPS) is 19.9. The van der Waals surface area contributed by atoms with Crippen molar-refractivity contribution < 1.29 is 9.53 Å². The second-order valence-corrected chi connectivity index (χ2v) is 5.61. The lowest BCUT2D eigenvalue weighted by Crippen LogP contribution is -2.45. The van der Waals surface area contributed by atoms with E-state index in [4.69, 9.17) is 16.3 Å². The molecule has 1 aromatic carbocycles. The second-order valence-electron chi connectivity index (χ2n) is 4.41. The molecule has 0 aliphatic carbocycles. The first-order chi connectivity index (χ1) is 8.58. The molecule has 0 bridgehead atoms. The van der Waals surface area contributed by atoms with Crippen LogP contribution in [-0.4, -0.2) is 36.6 Å². The van der Waals surface area contributed by atoms with Crippen LogP contribution in [0.2, 0.25) is 5.02 Å². The van der Waals surface area contributed by atoms with E-state index in [1.807, 2.05) is 24.0 Å². The third-order valence-corrected chi connectivity index (χ3v) is 4.45. The topological polar surface area (TPSA) is 29.5 Å². The average Bonchev–Trinajstić information content (AvgIpc) is 2.35. The molecule has 18 heavy (non-hydrogen) atoms. The van der Waals surface area contributed by atoms with Gasteiger partial charge < -0.3 is 9.64 Å². The van der Waals surface area contributed by atoms with Crippen LogP contribution in [0.1, 0.15) is 12.5 Å². The number of rotatable bonds is 2. The molecule has 2 rings (SSSR count). The summed E-state index contributed by atoms with van der Waals surface area (Å²) in [5.74, 6) is 0.119. The highest BCUT2D eigenvalue weighted by molar-refractivity contribution is 9.10. The first-order valence-electron chi connectivity index (χ1n) is 5.90. The zero-order chi connectivity index (χ0) is 13.1. The fraction of sp³-hybridized carbons (Fsp3) is 0.462. The van der Waals surface area contributed by atoms with E-state index >= 15 is 0 Å². The molecular formula is C13H15BrClNO2. The smallest absolute Gasteiger partial charge is 0.227 e. The summed E-state index contributed by atoms with van der Waals surface area (Å²) in [5.41, 5.74) is 0.923. The van der Waals surface area contributed by atoms with Gasteiger partial charge in [0.25, 0.3) is 0 Å². The molecule has 0 aromatic heterocycles. The highest BCUT2D eigenvalue weighted by Gasteiger charge is 2.22. The van der Waals surface area contributed by atoms with Crippen LogP contribution in [0.5, 0.6) is 0 Å². The van der Waals surface area contributed by atoms with Crippen LogP contribution in [-0.2, 0) is 16.0 Å². The lowest BCUT2D eigenvalue weighted by molar-refractivity contribution is -0.137. The number of ether oxygens (including phenoxy) is 1. The van der Waals surface area contributed by atoms with Gasteiger partial charge in [0.15, 0.2) is 0 Å². The van der Waals surface area contributed by atoms with Gasteiger partial charge in [-0.2, -0.15) is 0 Å². The van der Waals surface area contributed by atoms with Gasteiger partial charge in [0.1, 0.15) is 0 Å². The number of carbonyl (C=O) groups is 1. The van der Waals surface area contributed by atoms with Crippen molar-refractivity contribution in [1.29, 1.82) is 0 Å². The van der Waals surface area contributed by atoms with E-state index in [1.165, 1.54) is 0 Å². The predicted molar refractivity (Wildman–Crippen MR) is 74.9 cm³/mol. The number of morpholine rings is 1. The fourth-order valence-corrected chi connectivity index (χ4v) is 2.60. The highest BCUT2D eigenvalue weighted by Crippen LogP contribution is 2.26. The minimum absolute atomic E-state index is 0.116. The zero-order valence-corrected chi connectivity index (χ0v) is 12.5. The quantitative estimate of drug-likeness (QED) is 0.833. The number of carbonyl (C=O) groups excluding carboxylic acids is 1. The molecule has 5 heteroatoms. The predicted octanol–water partition coefficient (Wildman–Crippen LogP) is 2.89. The molecule has 0 saturated carbocycles. The number of hydrogen-bond donors (Lipinski definition) is 0. The molecule has 0 radical (unpaired) electrons. The maximum atomic E-state index is 12.2. The molecule has 0 N–H and O–H groups in total. The van der Waals surface area contributed by atoms with E-state index in [2.05, 4.69) is 15.9 Å². The van der Waals surface area contributed by atoms with Crippen molar-refractivity contribution in [2.75, 3.05) is 19.7 Å². The van der Waals surface area contributed by atoms with Crippen LogP contribution in [0, 0.1) is 0 Å². The molecule has 1 aromatic rings. The van der Waals surface area contributed by atoms with Crippen LogP contribution in [0.4, 0.5) is 0 Å². The van der Waals surface area contributed by atoms with Gasteiger partial charge in [0, 0.05) is 17.6 Å². The first-order valence-corrected chi connectivity index (χ1v) is 7.07. The van der Waals surface area contributed by atoms with E-state index in [0.29, 0.717) is 31.1 Å². The van der Waals surface area contributed by atoms with Crippen LogP contribution in [0.3, 0.4) is 0 Å². The summed E-state index contributed by atoms with van der Waals surface area (Å²) in [6.07, 6.45) is 0.485. The third kappa shape index (κ3) is 3.25. The maximum absolute atomic E-state index is 12.2. The van der Waals surface area contributed by atoms with Crippen molar-refractivity contribution in [3.63, 3.8) is 0 Å². The lowest BCUT2D eigenvalue weighted by Gasteiger charge is -2.31. The molecule has 0 unspecified atom stereocenters. The lowest BCUT2D eigenvalue weighted by atomic mass is 10.1. The Bertz CT molecular complexity index is 453. The molecule has 1 amide bonds. The average molecular weight is 333 g/mol. The van der Waals surface area contributed by atoms with Crippen LogP contribution >= 0.6 is 27.5 Å². The summed E-state index contributed by atoms with van der Waals surface area (Å²) in [5, 5.41) is 0.635. The molecule has 1 aliphatic heterocycles. The highest BCUT2D eigenvalue weighted by atomic mass is 79.9. The summed E-state index contributed by atoms with van der Waals surface area (Å²) >= 11 is 9.43. The van der Waals surface area contributed by atoms with Gasteiger partial charge in [0.2, 0.25) is 5.91 Å². The molecule has 3 nitrogen and oxygen atoms in total. The van der Waals surface area contributed by atoms with Crippen molar-refractivity contribution in [3.8, 4) is 0 Å². The van der Waals surface area contributed by atoms with Gasteiger partial charge in [-0.3, -0.25) is 4.79 Å². The number of nitrogens with zero attached hydrogens (tertiary/aromatic N) is 1. The van der Waals surface area contributed by atoms with Gasteiger partial charge in [0.05, 0.1) is 24.2 Å². The van der Waals surface area contributed by atoms with Crippen LogP contribution < -0.4 is 0 Å². The minimum Gasteiger partial charge on any atom is -0.375 e. The molecule has 1 fully saturated rings. The van der Waals surface area contributed by atoms with Crippen molar-refractivity contribution >= 4 is 33.4 Å². The molecule has 1 aliphatic rings. The molecule has 98 valence electrons. The number of hydrogen-bond acceptors (Lipinski definition) is 2. The zero-order valence-electron chi connectivity index (χ0n) is 10.2. The monoisotopic (exact) mass is 331 g/mol. The van der Waals surface area contributed by atoms with Gasteiger partial charge in [-0.25, -0.2) is 0 Å². The van der Waals surface area contributed by atoms with Gasteiger partial charge in [-0.1, -0.05) is 23.7 Å². The van der Waals surface area contributed by atoms with Crippen LogP contribution in [0.25, 0.3) is 0 Å². The first kappa shape index (κ1) is 13.8. The molecule has 1 atom stereocenters. The van der Waals surface area contributed by atoms with Crippen LogP contribution in [0.15, 0.2) is 22.7 Å². The summed E-state index contributed by atoms with van der Waals surface area (Å²) in [6, 6.07) is 5.58. The van der Waals surface area contributed by atoms with Gasteiger partial charge >= 0.3 is 0 Å². The maximum Gasteiger partial charge on any atom is 0.227 e. The second kappa shape index (κ2) is 6.04. The van der Waals surface area contributed by atoms with Crippen molar-refractivity contribution in [1.82, 2.24) is 4.90 Å². The number of amides is 1. The third-order valence-electron chi connectivity index (χ3n) is 2.97.